The fourth-order valence-corrected chi connectivity index (χ4v) is 3.25. The first-order valence-corrected chi connectivity index (χ1v) is 9.26. The zero-order valence-corrected chi connectivity index (χ0v) is 15.3. The van der Waals surface area contributed by atoms with Crippen molar-refractivity contribution in [1.82, 2.24) is 30.2 Å². The largest absolute Gasteiger partial charge is 0.330 e. The topological polar surface area (TPSA) is 72.3 Å². The fourth-order valence-electron chi connectivity index (χ4n) is 3.25. The number of imidazole rings is 1. The van der Waals surface area contributed by atoms with Gasteiger partial charge < -0.3 is 4.57 Å². The van der Waals surface area contributed by atoms with Gasteiger partial charge in [0, 0.05) is 24.0 Å². The lowest BCUT2D eigenvalue weighted by Gasteiger charge is -2.10. The Morgan fingerprint density at radius 3 is 2.56 bits per heavy atom. The summed E-state index contributed by atoms with van der Waals surface area (Å²) in [5.41, 5.74) is 5.75. The first-order chi connectivity index (χ1) is 13.3. The van der Waals surface area contributed by atoms with Gasteiger partial charge in [-0.2, -0.15) is 5.21 Å². The molecule has 1 N–H and O–H groups in total. The molecule has 0 aliphatic carbocycles. The van der Waals surface area contributed by atoms with Crippen LogP contribution >= 0.6 is 0 Å². The van der Waals surface area contributed by atoms with Gasteiger partial charge in [-0.25, -0.2) is 4.98 Å². The summed E-state index contributed by atoms with van der Waals surface area (Å²) in [6.45, 7) is 3.05. The Balaban J connectivity index is 1.57. The Labute approximate surface area is 158 Å². The van der Waals surface area contributed by atoms with E-state index in [1.807, 2.05) is 30.7 Å². The second-order valence-corrected chi connectivity index (χ2v) is 6.59. The quantitative estimate of drug-likeness (QED) is 0.539. The third-order valence-electron chi connectivity index (χ3n) is 4.72. The van der Waals surface area contributed by atoms with Gasteiger partial charge in [-0.05, 0) is 34.7 Å². The summed E-state index contributed by atoms with van der Waals surface area (Å²) in [4.78, 5) is 4.32. The van der Waals surface area contributed by atoms with E-state index in [-0.39, 0.29) is 0 Å². The summed E-state index contributed by atoms with van der Waals surface area (Å²) in [5.74, 6) is 0.605. The van der Waals surface area contributed by atoms with Crippen molar-refractivity contribution in [2.24, 2.45) is 0 Å². The number of aryl methyl sites for hydroxylation is 1. The number of hydrogen-bond donors (Lipinski definition) is 1. The number of H-pyrrole nitrogens is 1. The van der Waals surface area contributed by atoms with E-state index in [9.17, 15) is 0 Å². The van der Waals surface area contributed by atoms with Crippen molar-refractivity contribution in [1.29, 1.82) is 0 Å². The number of rotatable bonds is 7. The number of nitrogens with zero attached hydrogens (tertiary/aromatic N) is 5. The normalized spacial score (nSPS) is 11.0. The van der Waals surface area contributed by atoms with Gasteiger partial charge in [-0.15, -0.1) is 10.2 Å². The molecule has 0 spiro atoms. The van der Waals surface area contributed by atoms with Gasteiger partial charge in [0.05, 0.1) is 6.33 Å². The molecule has 136 valence electrons. The van der Waals surface area contributed by atoms with Crippen LogP contribution in [0.25, 0.3) is 22.5 Å². The molecular formula is C21H22N6. The molecule has 0 unspecified atom stereocenters. The van der Waals surface area contributed by atoms with Crippen molar-refractivity contribution < 1.29 is 0 Å². The Kier molecular flexibility index (Phi) is 5.05. The molecule has 0 bridgehead atoms. The number of unbranched alkanes of at least 4 members (excludes halogenated alkanes) is 1. The molecule has 0 saturated carbocycles. The van der Waals surface area contributed by atoms with Crippen LogP contribution in [-0.2, 0) is 13.0 Å². The molecule has 0 radical (unpaired) electrons. The van der Waals surface area contributed by atoms with E-state index in [0.29, 0.717) is 5.82 Å². The zero-order chi connectivity index (χ0) is 18.5. The highest BCUT2D eigenvalue weighted by atomic mass is 15.5. The molecule has 4 aromatic rings. The minimum Gasteiger partial charge on any atom is -0.330 e. The molecule has 0 amide bonds. The minimum absolute atomic E-state index is 0.605. The van der Waals surface area contributed by atoms with Gasteiger partial charge in [0.1, 0.15) is 0 Å². The molecule has 2 aromatic carbocycles. The van der Waals surface area contributed by atoms with Crippen LogP contribution in [0, 0.1) is 0 Å². The maximum atomic E-state index is 4.32. The van der Waals surface area contributed by atoms with Crippen molar-refractivity contribution in [3.05, 3.63) is 72.3 Å². The van der Waals surface area contributed by atoms with E-state index in [2.05, 4.69) is 67.4 Å². The second-order valence-electron chi connectivity index (χ2n) is 6.59. The number of nitrogens with one attached hydrogen (secondary N) is 1. The fraction of sp³-hybridized carbons (Fsp3) is 0.238. The summed E-state index contributed by atoms with van der Waals surface area (Å²) >= 11 is 0. The van der Waals surface area contributed by atoms with Gasteiger partial charge in [-0.1, -0.05) is 61.9 Å². The number of hydrogen-bond acceptors (Lipinski definition) is 4. The van der Waals surface area contributed by atoms with Crippen LogP contribution in [0.4, 0.5) is 0 Å². The smallest absolute Gasteiger partial charge is 0.205 e. The van der Waals surface area contributed by atoms with Gasteiger partial charge >= 0.3 is 0 Å². The molecule has 0 atom stereocenters. The van der Waals surface area contributed by atoms with Crippen molar-refractivity contribution in [2.45, 2.75) is 32.7 Å². The highest BCUT2D eigenvalue weighted by Gasteiger charge is 2.10. The Morgan fingerprint density at radius 2 is 1.81 bits per heavy atom. The summed E-state index contributed by atoms with van der Waals surface area (Å²) < 4.78 is 2.23. The van der Waals surface area contributed by atoms with Crippen LogP contribution in [0.5, 0.6) is 0 Å². The standard InChI is InChI=1S/C21H22N6/c1-2-3-6-18-13-22-15-27(18)14-16-9-11-17(12-10-16)19-7-4-5-8-20(19)21-23-25-26-24-21/h4-5,7-13,15H,2-3,6,14H2,1H3,(H,23,24,25,26). The molecule has 0 fully saturated rings. The summed E-state index contributed by atoms with van der Waals surface area (Å²) in [6, 6.07) is 16.8. The van der Waals surface area contributed by atoms with Crippen LogP contribution in [-0.4, -0.2) is 30.2 Å². The molecule has 27 heavy (non-hydrogen) atoms. The van der Waals surface area contributed by atoms with E-state index in [1.54, 1.807) is 0 Å². The van der Waals surface area contributed by atoms with E-state index in [4.69, 9.17) is 0 Å². The number of aromatic amines is 1. The third-order valence-corrected chi connectivity index (χ3v) is 4.72. The van der Waals surface area contributed by atoms with E-state index in [0.717, 1.165) is 29.7 Å². The highest BCUT2D eigenvalue weighted by Crippen LogP contribution is 2.29. The van der Waals surface area contributed by atoms with Crippen molar-refractivity contribution in [3.63, 3.8) is 0 Å². The Hall–Kier alpha value is -3.28. The molecule has 0 saturated heterocycles. The molecule has 2 heterocycles. The maximum absolute atomic E-state index is 4.32. The maximum Gasteiger partial charge on any atom is 0.205 e. The predicted molar refractivity (Wildman–Crippen MR) is 105 cm³/mol. The molecule has 4 rings (SSSR count). The lowest BCUT2D eigenvalue weighted by atomic mass is 9.98. The zero-order valence-electron chi connectivity index (χ0n) is 15.3. The summed E-state index contributed by atoms with van der Waals surface area (Å²) in [7, 11) is 0. The minimum atomic E-state index is 0.605. The summed E-state index contributed by atoms with van der Waals surface area (Å²) in [6.07, 6.45) is 7.36. The highest BCUT2D eigenvalue weighted by molar-refractivity contribution is 5.80. The molecular weight excluding hydrogens is 336 g/mol. The number of benzene rings is 2. The van der Waals surface area contributed by atoms with E-state index >= 15 is 0 Å². The average Bonchev–Trinajstić information content (AvgIpc) is 3.39. The van der Waals surface area contributed by atoms with Crippen LogP contribution in [0.15, 0.2) is 61.1 Å². The van der Waals surface area contributed by atoms with E-state index in [1.165, 1.54) is 24.1 Å². The van der Waals surface area contributed by atoms with Crippen LogP contribution < -0.4 is 0 Å². The summed E-state index contributed by atoms with van der Waals surface area (Å²) in [5, 5.41) is 14.4. The van der Waals surface area contributed by atoms with Crippen LogP contribution in [0.1, 0.15) is 31.0 Å². The SMILES string of the molecule is CCCCc1cncn1Cc1ccc(-c2ccccc2-c2nn[nH]n2)cc1. The van der Waals surface area contributed by atoms with Crippen molar-refractivity contribution in [3.8, 4) is 22.5 Å². The molecule has 0 aliphatic heterocycles. The average molecular weight is 358 g/mol. The predicted octanol–water partition coefficient (Wildman–Crippen LogP) is 4.12. The Bertz CT molecular complexity index is 986. The molecule has 0 aliphatic rings. The third kappa shape index (κ3) is 3.79. The van der Waals surface area contributed by atoms with Gasteiger partial charge in [0.15, 0.2) is 0 Å². The van der Waals surface area contributed by atoms with Crippen molar-refractivity contribution >= 4 is 0 Å². The van der Waals surface area contributed by atoms with E-state index < -0.39 is 0 Å². The van der Waals surface area contributed by atoms with Crippen LogP contribution in [0.3, 0.4) is 0 Å². The molecule has 6 nitrogen and oxygen atoms in total. The van der Waals surface area contributed by atoms with Crippen LogP contribution in [0.2, 0.25) is 0 Å². The number of tetrazole rings is 1. The van der Waals surface area contributed by atoms with Crippen molar-refractivity contribution in [2.75, 3.05) is 0 Å². The molecule has 2 aromatic heterocycles. The lowest BCUT2D eigenvalue weighted by Crippen LogP contribution is -2.03. The monoisotopic (exact) mass is 358 g/mol. The first-order valence-electron chi connectivity index (χ1n) is 9.26. The lowest BCUT2D eigenvalue weighted by molar-refractivity contribution is 0.696. The van der Waals surface area contributed by atoms with Gasteiger partial charge in [0.25, 0.3) is 0 Å². The molecule has 6 heteroatoms. The first kappa shape index (κ1) is 17.1. The Morgan fingerprint density at radius 1 is 1.00 bits per heavy atom. The number of aromatic nitrogens is 6. The van der Waals surface area contributed by atoms with Gasteiger partial charge in [0.2, 0.25) is 5.82 Å². The second kappa shape index (κ2) is 7.95. The van der Waals surface area contributed by atoms with Gasteiger partial charge in [-0.3, -0.25) is 0 Å².